The lowest BCUT2D eigenvalue weighted by Gasteiger charge is -2.14. The highest BCUT2D eigenvalue weighted by molar-refractivity contribution is 7.46. The molecule has 0 atom stereocenters. The number of hydrogen-bond donors (Lipinski definition) is 4. The molecular weight excluding hydrogens is 387 g/mol. The van der Waals surface area contributed by atoms with Crippen LogP contribution in [0.3, 0.4) is 0 Å². The van der Waals surface area contributed by atoms with Crippen LogP contribution in [0.4, 0.5) is 0 Å². The third-order valence-electron chi connectivity index (χ3n) is 4.02. The Morgan fingerprint density at radius 1 is 0.929 bits per heavy atom. The van der Waals surface area contributed by atoms with Crippen LogP contribution in [0.25, 0.3) is 12.2 Å². The summed E-state index contributed by atoms with van der Waals surface area (Å²) in [6.07, 6.45) is 3.46. The van der Waals surface area contributed by atoms with Crippen LogP contribution >= 0.6 is 7.82 Å². The Hall–Kier alpha value is -2.35. The average molecular weight is 410 g/mol. The van der Waals surface area contributed by atoms with Gasteiger partial charge in [0, 0.05) is 5.56 Å². The maximum absolute atomic E-state index is 11.2. The highest BCUT2D eigenvalue weighted by Crippen LogP contribution is 2.44. The van der Waals surface area contributed by atoms with Crippen LogP contribution < -0.4 is 14.0 Å². The first-order valence-corrected chi connectivity index (χ1v) is 9.78. The van der Waals surface area contributed by atoms with E-state index in [1.807, 2.05) is 0 Å². The van der Waals surface area contributed by atoms with E-state index in [9.17, 15) is 14.8 Å². The molecule has 0 amide bonds. The van der Waals surface area contributed by atoms with Crippen LogP contribution in [0.2, 0.25) is 0 Å². The predicted octanol–water partition coefficient (Wildman–Crippen LogP) is 2.64. The molecule has 8 nitrogen and oxygen atoms in total. The molecule has 152 valence electrons. The molecule has 0 heterocycles. The minimum Gasteiger partial charge on any atom is -0.496 e. The number of benzene rings is 2. The van der Waals surface area contributed by atoms with E-state index in [0.29, 0.717) is 33.6 Å². The largest absolute Gasteiger partial charge is 0.524 e. The molecule has 0 saturated heterocycles. The van der Waals surface area contributed by atoms with Crippen LogP contribution in [0.5, 0.6) is 17.2 Å². The molecular formula is C19H23O8P. The molecule has 0 unspecified atom stereocenters. The SMILES string of the molecule is COc1cc(/C=C\c2cc(C)c(OC)c(OP(=O)(O)O)c2)cc(CO)c1CO. The number of phosphoric ester groups is 1. The van der Waals surface area contributed by atoms with Crippen molar-refractivity contribution in [2.45, 2.75) is 20.1 Å². The van der Waals surface area contributed by atoms with Crippen molar-refractivity contribution in [2.75, 3.05) is 14.2 Å². The molecule has 2 aromatic rings. The number of phosphoric acid groups is 1. The number of rotatable bonds is 8. The first kappa shape index (κ1) is 21.9. The number of aliphatic hydroxyl groups is 2. The molecule has 0 bridgehead atoms. The third kappa shape index (κ3) is 5.34. The maximum atomic E-state index is 11.2. The van der Waals surface area contributed by atoms with Gasteiger partial charge in [-0.05, 0) is 53.4 Å². The second-order valence-electron chi connectivity index (χ2n) is 5.96. The van der Waals surface area contributed by atoms with Gasteiger partial charge in [0.25, 0.3) is 0 Å². The van der Waals surface area contributed by atoms with Crippen molar-refractivity contribution in [3.8, 4) is 17.2 Å². The van der Waals surface area contributed by atoms with Crippen molar-refractivity contribution < 1.29 is 38.6 Å². The zero-order valence-electron chi connectivity index (χ0n) is 15.7. The molecule has 0 radical (unpaired) electrons. The topological polar surface area (TPSA) is 126 Å². The number of aliphatic hydroxyl groups excluding tert-OH is 2. The van der Waals surface area contributed by atoms with E-state index >= 15 is 0 Å². The van der Waals surface area contributed by atoms with Crippen molar-refractivity contribution in [3.63, 3.8) is 0 Å². The molecule has 0 aliphatic heterocycles. The van der Waals surface area contributed by atoms with Crippen molar-refractivity contribution >= 4 is 20.0 Å². The van der Waals surface area contributed by atoms with Gasteiger partial charge in [-0.3, -0.25) is 9.79 Å². The summed E-state index contributed by atoms with van der Waals surface area (Å²) in [5.41, 5.74) is 3.02. The van der Waals surface area contributed by atoms with Gasteiger partial charge < -0.3 is 24.2 Å². The fraction of sp³-hybridized carbons (Fsp3) is 0.263. The van der Waals surface area contributed by atoms with Gasteiger partial charge in [0.15, 0.2) is 11.5 Å². The molecule has 0 spiro atoms. The number of ether oxygens (including phenoxy) is 2. The van der Waals surface area contributed by atoms with Gasteiger partial charge in [0.2, 0.25) is 0 Å². The van der Waals surface area contributed by atoms with E-state index in [0.717, 1.165) is 0 Å². The summed E-state index contributed by atoms with van der Waals surface area (Å²) >= 11 is 0. The zero-order valence-corrected chi connectivity index (χ0v) is 16.6. The predicted molar refractivity (Wildman–Crippen MR) is 104 cm³/mol. The lowest BCUT2D eigenvalue weighted by atomic mass is 10.0. The average Bonchev–Trinajstić information content (AvgIpc) is 2.63. The number of methoxy groups -OCH3 is 2. The van der Waals surface area contributed by atoms with E-state index in [4.69, 9.17) is 23.8 Å². The summed E-state index contributed by atoms with van der Waals surface area (Å²) in [5, 5.41) is 19.0. The number of aryl methyl sites for hydroxylation is 1. The van der Waals surface area contributed by atoms with Crippen LogP contribution in [0, 0.1) is 6.92 Å². The molecule has 0 aromatic heterocycles. The molecule has 0 aliphatic carbocycles. The Kier molecular flexibility index (Phi) is 7.23. The highest BCUT2D eigenvalue weighted by atomic mass is 31.2. The Balaban J connectivity index is 2.45. The first-order valence-electron chi connectivity index (χ1n) is 8.25. The van der Waals surface area contributed by atoms with E-state index < -0.39 is 7.82 Å². The van der Waals surface area contributed by atoms with Gasteiger partial charge in [0.05, 0.1) is 27.4 Å². The van der Waals surface area contributed by atoms with E-state index in [2.05, 4.69) is 0 Å². The molecule has 2 rings (SSSR count). The van der Waals surface area contributed by atoms with E-state index in [1.165, 1.54) is 20.3 Å². The van der Waals surface area contributed by atoms with Crippen LogP contribution in [0.15, 0.2) is 24.3 Å². The molecule has 28 heavy (non-hydrogen) atoms. The Bertz CT molecular complexity index is 891. The standard InChI is InChI=1S/C19H23O8P/c1-12-6-13(9-18(19(12)26-3)27-28(22,23)24)4-5-14-7-15(10-20)16(11-21)17(8-14)25-2/h4-9,20-21H,10-11H2,1-3H3,(H2,22,23,24)/b5-4-. The highest BCUT2D eigenvalue weighted by Gasteiger charge is 2.20. The quantitative estimate of drug-likeness (QED) is 0.387. The van der Waals surface area contributed by atoms with E-state index in [1.54, 1.807) is 37.3 Å². The Morgan fingerprint density at radius 2 is 1.54 bits per heavy atom. The van der Waals surface area contributed by atoms with Crippen LogP contribution in [-0.2, 0) is 17.8 Å². The summed E-state index contributed by atoms with van der Waals surface area (Å²) in [6, 6.07) is 6.65. The molecule has 0 aliphatic rings. The Morgan fingerprint density at radius 3 is 2.04 bits per heavy atom. The van der Waals surface area contributed by atoms with Gasteiger partial charge in [-0.15, -0.1) is 0 Å². The van der Waals surface area contributed by atoms with Crippen molar-refractivity contribution in [1.29, 1.82) is 0 Å². The summed E-state index contributed by atoms with van der Waals surface area (Å²) in [7, 11) is -1.89. The third-order valence-corrected chi connectivity index (χ3v) is 4.46. The summed E-state index contributed by atoms with van der Waals surface area (Å²) < 4.78 is 26.4. The van der Waals surface area contributed by atoms with Crippen molar-refractivity contribution in [1.82, 2.24) is 0 Å². The Labute approximate surface area is 162 Å². The van der Waals surface area contributed by atoms with Crippen molar-refractivity contribution in [2.24, 2.45) is 0 Å². The molecule has 9 heteroatoms. The van der Waals surface area contributed by atoms with Crippen LogP contribution in [-0.4, -0.2) is 34.2 Å². The molecule has 0 saturated carbocycles. The zero-order chi connectivity index (χ0) is 20.9. The van der Waals surface area contributed by atoms with Gasteiger partial charge in [0.1, 0.15) is 5.75 Å². The smallest absolute Gasteiger partial charge is 0.496 e. The fourth-order valence-corrected chi connectivity index (χ4v) is 3.23. The minimum absolute atomic E-state index is 0.0697. The van der Waals surface area contributed by atoms with Crippen LogP contribution in [0.1, 0.15) is 27.8 Å². The normalized spacial score (nSPS) is 11.7. The lowest BCUT2D eigenvalue weighted by Crippen LogP contribution is -1.99. The summed E-state index contributed by atoms with van der Waals surface area (Å²) in [5.74, 6) is 0.613. The maximum Gasteiger partial charge on any atom is 0.524 e. The lowest BCUT2D eigenvalue weighted by molar-refractivity contribution is 0.254. The summed E-state index contributed by atoms with van der Waals surface area (Å²) in [6.45, 7) is 1.21. The fourth-order valence-electron chi connectivity index (χ4n) is 2.84. The first-order chi connectivity index (χ1) is 13.2. The number of hydrogen-bond acceptors (Lipinski definition) is 6. The second-order valence-corrected chi connectivity index (χ2v) is 7.13. The molecule has 0 fully saturated rings. The van der Waals surface area contributed by atoms with Crippen molar-refractivity contribution in [3.05, 3.63) is 52.1 Å². The molecule has 4 N–H and O–H groups in total. The monoisotopic (exact) mass is 410 g/mol. The minimum atomic E-state index is -4.75. The van der Waals surface area contributed by atoms with Gasteiger partial charge in [-0.2, -0.15) is 0 Å². The second kappa shape index (κ2) is 9.23. The van der Waals surface area contributed by atoms with Gasteiger partial charge in [-0.1, -0.05) is 12.2 Å². The van der Waals surface area contributed by atoms with Gasteiger partial charge in [-0.25, -0.2) is 4.57 Å². The van der Waals surface area contributed by atoms with Gasteiger partial charge >= 0.3 is 7.82 Å². The summed E-state index contributed by atoms with van der Waals surface area (Å²) in [4.78, 5) is 18.2. The van der Waals surface area contributed by atoms with E-state index in [-0.39, 0.29) is 24.7 Å². The molecule has 2 aromatic carbocycles.